The van der Waals surface area contributed by atoms with E-state index in [9.17, 15) is 17.6 Å². The van der Waals surface area contributed by atoms with Gasteiger partial charge in [-0.3, -0.25) is 4.79 Å². The highest BCUT2D eigenvalue weighted by molar-refractivity contribution is 7.89. The molecule has 1 aliphatic heterocycles. The van der Waals surface area contributed by atoms with Gasteiger partial charge in [-0.1, -0.05) is 18.2 Å². The van der Waals surface area contributed by atoms with Crippen molar-refractivity contribution in [3.8, 4) is 11.5 Å². The smallest absolute Gasteiger partial charge is 0.255 e. The van der Waals surface area contributed by atoms with Crippen molar-refractivity contribution in [3.05, 3.63) is 83.2 Å². The second-order valence-corrected chi connectivity index (χ2v) is 8.73. The van der Waals surface area contributed by atoms with Crippen LogP contribution in [0.2, 0.25) is 0 Å². The molecule has 1 heterocycles. The fourth-order valence-electron chi connectivity index (χ4n) is 2.99. The minimum atomic E-state index is -3.88. The molecule has 0 spiro atoms. The van der Waals surface area contributed by atoms with Crippen molar-refractivity contribution in [1.82, 2.24) is 4.72 Å². The van der Waals surface area contributed by atoms with Gasteiger partial charge in [-0.15, -0.1) is 0 Å². The number of benzene rings is 3. The first kappa shape index (κ1) is 20.8. The highest BCUT2D eigenvalue weighted by Crippen LogP contribution is 2.32. The van der Waals surface area contributed by atoms with Crippen molar-refractivity contribution in [2.45, 2.75) is 18.4 Å². The summed E-state index contributed by atoms with van der Waals surface area (Å²) in [5.41, 5.74) is 1.57. The number of aryl methyl sites for hydroxylation is 1. The maximum absolute atomic E-state index is 13.7. The number of amides is 1. The van der Waals surface area contributed by atoms with Crippen molar-refractivity contribution in [2.24, 2.45) is 0 Å². The molecule has 3 aromatic rings. The van der Waals surface area contributed by atoms with E-state index in [4.69, 9.17) is 9.47 Å². The fraction of sp³-hybridized carbons (Fsp3) is 0.136. The molecule has 0 aliphatic carbocycles. The van der Waals surface area contributed by atoms with E-state index < -0.39 is 21.7 Å². The summed E-state index contributed by atoms with van der Waals surface area (Å²) in [5.74, 6) is 0.180. The average molecular weight is 442 g/mol. The number of hydrogen-bond acceptors (Lipinski definition) is 5. The van der Waals surface area contributed by atoms with Crippen molar-refractivity contribution >= 4 is 21.6 Å². The van der Waals surface area contributed by atoms with Crippen LogP contribution in [0.15, 0.2) is 65.6 Å². The van der Waals surface area contributed by atoms with Gasteiger partial charge in [-0.25, -0.2) is 17.5 Å². The standard InChI is InChI=1S/C22H19FN2O5S/c1-14-5-7-17(11-19(14)23)25-22(26)16-3-2-4-18(10-16)31(27,28)24-12-15-6-8-20-21(9-15)30-13-29-20/h2-11,24H,12-13H2,1H3,(H,25,26). The first-order valence-electron chi connectivity index (χ1n) is 9.37. The Kier molecular flexibility index (Phi) is 5.62. The highest BCUT2D eigenvalue weighted by Gasteiger charge is 2.18. The molecule has 1 amide bonds. The van der Waals surface area contributed by atoms with Gasteiger partial charge in [0, 0.05) is 17.8 Å². The highest BCUT2D eigenvalue weighted by atomic mass is 32.2. The van der Waals surface area contributed by atoms with Crippen LogP contribution in [0.3, 0.4) is 0 Å². The second-order valence-electron chi connectivity index (χ2n) is 6.96. The molecule has 2 N–H and O–H groups in total. The fourth-order valence-corrected chi connectivity index (χ4v) is 4.05. The number of carbonyl (C=O) groups excluding carboxylic acids is 1. The van der Waals surface area contributed by atoms with Crippen LogP contribution < -0.4 is 19.5 Å². The molecule has 3 aromatic carbocycles. The number of hydrogen-bond donors (Lipinski definition) is 2. The summed E-state index contributed by atoms with van der Waals surface area (Å²) in [6.45, 7) is 1.79. The lowest BCUT2D eigenvalue weighted by Crippen LogP contribution is -2.23. The molecule has 0 atom stereocenters. The number of carbonyl (C=O) groups is 1. The van der Waals surface area contributed by atoms with Gasteiger partial charge in [-0.2, -0.15) is 0 Å². The molecule has 0 radical (unpaired) electrons. The molecule has 0 unspecified atom stereocenters. The Morgan fingerprint density at radius 1 is 1.03 bits per heavy atom. The zero-order valence-corrected chi connectivity index (χ0v) is 17.3. The molecule has 0 bridgehead atoms. The third-order valence-electron chi connectivity index (χ3n) is 4.74. The van der Waals surface area contributed by atoms with Crippen molar-refractivity contribution in [3.63, 3.8) is 0 Å². The minimum Gasteiger partial charge on any atom is -0.454 e. The van der Waals surface area contributed by atoms with Gasteiger partial charge >= 0.3 is 0 Å². The lowest BCUT2D eigenvalue weighted by Gasteiger charge is -2.10. The predicted octanol–water partition coefficient (Wildman–Crippen LogP) is 3.59. The molecule has 4 rings (SSSR count). The van der Waals surface area contributed by atoms with E-state index in [1.807, 2.05) is 0 Å². The van der Waals surface area contributed by atoms with Gasteiger partial charge in [-0.05, 0) is 60.5 Å². The summed E-state index contributed by atoms with van der Waals surface area (Å²) in [6.07, 6.45) is 0. The Balaban J connectivity index is 1.47. The minimum absolute atomic E-state index is 0.0397. The SMILES string of the molecule is Cc1ccc(NC(=O)c2cccc(S(=O)(=O)NCc3ccc4c(c3)OCO4)c2)cc1F. The van der Waals surface area contributed by atoms with Crippen molar-refractivity contribution in [1.29, 1.82) is 0 Å². The second kappa shape index (κ2) is 8.37. The molecular formula is C22H19FN2O5S. The zero-order valence-electron chi connectivity index (χ0n) is 16.5. The Bertz CT molecular complexity index is 1260. The first-order valence-corrected chi connectivity index (χ1v) is 10.9. The largest absolute Gasteiger partial charge is 0.454 e. The van der Waals surface area contributed by atoms with E-state index >= 15 is 0 Å². The zero-order chi connectivity index (χ0) is 22.0. The maximum Gasteiger partial charge on any atom is 0.255 e. The van der Waals surface area contributed by atoms with E-state index in [1.54, 1.807) is 37.3 Å². The van der Waals surface area contributed by atoms with Crippen LogP contribution in [0.5, 0.6) is 11.5 Å². The average Bonchev–Trinajstić information content (AvgIpc) is 3.23. The van der Waals surface area contributed by atoms with Gasteiger partial charge in [0.1, 0.15) is 5.82 Å². The summed E-state index contributed by atoms with van der Waals surface area (Å²) in [4.78, 5) is 12.4. The lowest BCUT2D eigenvalue weighted by atomic mass is 10.2. The van der Waals surface area contributed by atoms with Crippen LogP contribution in [0.1, 0.15) is 21.5 Å². The van der Waals surface area contributed by atoms with Crippen molar-refractivity contribution < 1.29 is 27.1 Å². The monoisotopic (exact) mass is 442 g/mol. The van der Waals surface area contributed by atoms with Crippen LogP contribution in [0, 0.1) is 12.7 Å². The summed E-state index contributed by atoms with van der Waals surface area (Å²) < 4.78 is 52.1. The van der Waals surface area contributed by atoms with Crippen LogP contribution >= 0.6 is 0 Å². The van der Waals surface area contributed by atoms with Crippen LogP contribution in [0.4, 0.5) is 10.1 Å². The van der Waals surface area contributed by atoms with Gasteiger partial charge in [0.2, 0.25) is 16.8 Å². The Labute approximate surface area is 178 Å². The number of anilines is 1. The first-order chi connectivity index (χ1) is 14.8. The van der Waals surface area contributed by atoms with Crippen LogP contribution in [-0.2, 0) is 16.6 Å². The quantitative estimate of drug-likeness (QED) is 0.609. The van der Waals surface area contributed by atoms with E-state index in [0.29, 0.717) is 22.6 Å². The van der Waals surface area contributed by atoms with E-state index in [0.717, 1.165) is 0 Å². The summed E-state index contributed by atoms with van der Waals surface area (Å²) in [7, 11) is -3.88. The lowest BCUT2D eigenvalue weighted by molar-refractivity contribution is 0.102. The van der Waals surface area contributed by atoms with Gasteiger partial charge in [0.15, 0.2) is 11.5 Å². The van der Waals surface area contributed by atoms with Crippen LogP contribution in [0.25, 0.3) is 0 Å². The van der Waals surface area contributed by atoms with E-state index in [2.05, 4.69) is 10.0 Å². The summed E-state index contributed by atoms with van der Waals surface area (Å²) in [5, 5.41) is 2.57. The third-order valence-corrected chi connectivity index (χ3v) is 6.14. The summed E-state index contributed by atoms with van der Waals surface area (Å²) in [6, 6.07) is 15.1. The maximum atomic E-state index is 13.7. The molecule has 0 fully saturated rings. The Morgan fingerprint density at radius 2 is 1.84 bits per heavy atom. The molecule has 160 valence electrons. The molecule has 0 aromatic heterocycles. The molecule has 1 aliphatic rings. The molecule has 0 saturated heterocycles. The normalized spacial score (nSPS) is 12.6. The number of fused-ring (bicyclic) bond motifs is 1. The topological polar surface area (TPSA) is 93.7 Å². The number of sulfonamides is 1. The third kappa shape index (κ3) is 4.68. The van der Waals surface area contributed by atoms with E-state index in [-0.39, 0.29) is 29.5 Å². The number of halogens is 1. The number of nitrogens with one attached hydrogen (secondary N) is 2. The predicted molar refractivity (Wildman–Crippen MR) is 112 cm³/mol. The van der Waals surface area contributed by atoms with Gasteiger partial charge in [0.05, 0.1) is 4.90 Å². The molecular weight excluding hydrogens is 423 g/mol. The molecule has 9 heteroatoms. The van der Waals surface area contributed by atoms with Gasteiger partial charge < -0.3 is 14.8 Å². The van der Waals surface area contributed by atoms with Gasteiger partial charge in [0.25, 0.3) is 5.91 Å². The summed E-state index contributed by atoms with van der Waals surface area (Å²) >= 11 is 0. The number of ether oxygens (including phenoxy) is 2. The Hall–Kier alpha value is -3.43. The molecule has 0 saturated carbocycles. The number of rotatable bonds is 6. The molecule has 7 nitrogen and oxygen atoms in total. The van der Waals surface area contributed by atoms with E-state index in [1.165, 1.54) is 30.3 Å². The van der Waals surface area contributed by atoms with Crippen LogP contribution in [-0.4, -0.2) is 21.1 Å². The molecule has 31 heavy (non-hydrogen) atoms. The van der Waals surface area contributed by atoms with Crippen molar-refractivity contribution in [2.75, 3.05) is 12.1 Å². The Morgan fingerprint density at radius 3 is 2.65 bits per heavy atom.